The molecular weight excluding hydrogens is 359 g/mol. The quantitative estimate of drug-likeness (QED) is 0.719. The van der Waals surface area contributed by atoms with Gasteiger partial charge in [-0.2, -0.15) is 0 Å². The van der Waals surface area contributed by atoms with Gasteiger partial charge in [0.05, 0.1) is 13.2 Å². The molecule has 3 rings (SSSR count). The number of carbonyl (C=O) groups is 2. The van der Waals surface area contributed by atoms with E-state index in [9.17, 15) is 14.0 Å². The van der Waals surface area contributed by atoms with E-state index in [1.807, 2.05) is 0 Å². The van der Waals surface area contributed by atoms with E-state index in [2.05, 4.69) is 10.6 Å². The average molecular weight is 382 g/mol. The zero-order valence-corrected chi connectivity index (χ0v) is 15.9. The summed E-state index contributed by atoms with van der Waals surface area (Å²) in [4.78, 5) is 24.1. The fourth-order valence-corrected chi connectivity index (χ4v) is 2.71. The average Bonchev–Trinajstić information content (AvgIpc) is 3.50. The molecule has 2 amide bonds. The van der Waals surface area contributed by atoms with E-state index in [-0.39, 0.29) is 23.6 Å². The van der Waals surface area contributed by atoms with Crippen molar-refractivity contribution in [3.05, 3.63) is 71.0 Å². The molecule has 0 radical (unpaired) electrons. The van der Waals surface area contributed by atoms with Crippen molar-refractivity contribution in [1.29, 1.82) is 0 Å². The molecule has 1 aliphatic rings. The van der Waals surface area contributed by atoms with Crippen LogP contribution in [0.15, 0.2) is 48.5 Å². The highest BCUT2D eigenvalue weighted by molar-refractivity contribution is 5.95. The van der Waals surface area contributed by atoms with Crippen LogP contribution in [-0.2, 0) is 4.79 Å². The lowest BCUT2D eigenvalue weighted by Gasteiger charge is -2.14. The van der Waals surface area contributed by atoms with Crippen molar-refractivity contribution in [2.75, 3.05) is 7.11 Å². The zero-order chi connectivity index (χ0) is 20.1. The number of nitrogens with one attached hydrogen (secondary N) is 2. The summed E-state index contributed by atoms with van der Waals surface area (Å²) >= 11 is 0. The summed E-state index contributed by atoms with van der Waals surface area (Å²) in [5.41, 5.74) is 2.05. The Balaban J connectivity index is 1.55. The number of amides is 2. The van der Waals surface area contributed by atoms with Crippen LogP contribution in [0, 0.1) is 5.82 Å². The molecule has 146 valence electrons. The minimum absolute atomic E-state index is 0.0729. The lowest BCUT2D eigenvalue weighted by atomic mass is 10.1. The number of benzene rings is 2. The molecule has 2 aromatic rings. The molecule has 1 aliphatic carbocycles. The van der Waals surface area contributed by atoms with Crippen LogP contribution in [0.5, 0.6) is 5.75 Å². The van der Waals surface area contributed by atoms with Crippen molar-refractivity contribution in [3.8, 4) is 5.75 Å². The third-order valence-electron chi connectivity index (χ3n) is 4.55. The fraction of sp³-hybridized carbons (Fsp3) is 0.273. The van der Waals surface area contributed by atoms with Crippen LogP contribution >= 0.6 is 0 Å². The maximum absolute atomic E-state index is 13.8. The number of halogens is 1. The first-order valence-corrected chi connectivity index (χ1v) is 9.19. The van der Waals surface area contributed by atoms with Crippen LogP contribution in [0.3, 0.4) is 0 Å². The molecule has 5 nitrogen and oxygen atoms in total. The molecule has 1 fully saturated rings. The van der Waals surface area contributed by atoms with Crippen LogP contribution in [0.2, 0.25) is 0 Å². The summed E-state index contributed by atoms with van der Waals surface area (Å²) in [5, 5.41) is 5.72. The van der Waals surface area contributed by atoms with E-state index in [0.717, 1.165) is 18.4 Å². The second-order valence-electron chi connectivity index (χ2n) is 6.83. The minimum atomic E-state index is -0.470. The minimum Gasteiger partial charge on any atom is -0.494 e. The van der Waals surface area contributed by atoms with E-state index in [0.29, 0.717) is 17.2 Å². The predicted octanol–water partition coefficient (Wildman–Crippen LogP) is 3.62. The third kappa shape index (κ3) is 5.19. The molecule has 6 heteroatoms. The van der Waals surface area contributed by atoms with Crippen molar-refractivity contribution in [1.82, 2.24) is 10.6 Å². The Morgan fingerprint density at radius 1 is 1.18 bits per heavy atom. The maximum Gasteiger partial charge on any atom is 0.251 e. The Morgan fingerprint density at radius 3 is 2.50 bits per heavy atom. The highest BCUT2D eigenvalue weighted by Crippen LogP contribution is 2.22. The van der Waals surface area contributed by atoms with E-state index in [4.69, 9.17) is 4.74 Å². The van der Waals surface area contributed by atoms with Gasteiger partial charge in [0, 0.05) is 17.7 Å². The van der Waals surface area contributed by atoms with Gasteiger partial charge in [0.25, 0.3) is 5.91 Å². The van der Waals surface area contributed by atoms with Crippen LogP contribution in [0.1, 0.15) is 47.3 Å². The van der Waals surface area contributed by atoms with E-state index >= 15 is 0 Å². The van der Waals surface area contributed by atoms with Gasteiger partial charge in [0.2, 0.25) is 5.91 Å². The van der Waals surface area contributed by atoms with Crippen LogP contribution in [0.4, 0.5) is 4.39 Å². The van der Waals surface area contributed by atoms with Gasteiger partial charge < -0.3 is 15.4 Å². The molecule has 28 heavy (non-hydrogen) atoms. The summed E-state index contributed by atoms with van der Waals surface area (Å²) in [6, 6.07) is 11.6. The Kier molecular flexibility index (Phi) is 6.09. The summed E-state index contributed by atoms with van der Waals surface area (Å²) in [6.07, 6.45) is 5.17. The molecule has 0 spiro atoms. The van der Waals surface area contributed by atoms with Gasteiger partial charge >= 0.3 is 0 Å². The SMILES string of the molecule is COc1ccc(C(C)NC(=O)/C=C/c2ccc(C(=O)NC3CC3)cc2)cc1F. The highest BCUT2D eigenvalue weighted by atomic mass is 19.1. The number of hydrogen-bond donors (Lipinski definition) is 2. The summed E-state index contributed by atoms with van der Waals surface area (Å²) < 4.78 is 18.7. The van der Waals surface area contributed by atoms with Gasteiger partial charge in [-0.15, -0.1) is 0 Å². The third-order valence-corrected chi connectivity index (χ3v) is 4.55. The molecular formula is C22H23FN2O3. The molecule has 1 unspecified atom stereocenters. The van der Waals surface area contributed by atoms with Crippen LogP contribution < -0.4 is 15.4 Å². The first kappa shape index (κ1) is 19.6. The molecule has 0 saturated heterocycles. The Labute approximate surface area is 163 Å². The number of rotatable bonds is 7. The van der Waals surface area contributed by atoms with Crippen molar-refractivity contribution >= 4 is 17.9 Å². The number of methoxy groups -OCH3 is 1. The summed E-state index contributed by atoms with van der Waals surface area (Å²) in [6.45, 7) is 1.78. The van der Waals surface area contributed by atoms with Gasteiger partial charge in [-0.05, 0) is 61.2 Å². The van der Waals surface area contributed by atoms with Crippen molar-refractivity contribution in [3.63, 3.8) is 0 Å². The van der Waals surface area contributed by atoms with Gasteiger partial charge in [-0.1, -0.05) is 18.2 Å². The normalized spacial score (nSPS) is 14.5. The topological polar surface area (TPSA) is 67.4 Å². The van der Waals surface area contributed by atoms with Gasteiger partial charge in [-0.3, -0.25) is 9.59 Å². The molecule has 2 N–H and O–H groups in total. The van der Waals surface area contributed by atoms with Crippen LogP contribution in [-0.4, -0.2) is 25.0 Å². The molecule has 1 atom stereocenters. The van der Waals surface area contributed by atoms with Gasteiger partial charge in [0.1, 0.15) is 0 Å². The van der Waals surface area contributed by atoms with E-state index < -0.39 is 5.82 Å². The van der Waals surface area contributed by atoms with Crippen molar-refractivity contribution in [2.24, 2.45) is 0 Å². The molecule has 1 saturated carbocycles. The lowest BCUT2D eigenvalue weighted by molar-refractivity contribution is -0.117. The monoisotopic (exact) mass is 382 g/mol. The van der Waals surface area contributed by atoms with E-state index in [1.165, 1.54) is 25.3 Å². The Bertz CT molecular complexity index is 889. The summed E-state index contributed by atoms with van der Waals surface area (Å²) in [7, 11) is 1.40. The first-order chi connectivity index (χ1) is 13.5. The van der Waals surface area contributed by atoms with E-state index in [1.54, 1.807) is 43.3 Å². The van der Waals surface area contributed by atoms with Crippen molar-refractivity contribution in [2.45, 2.75) is 31.8 Å². The number of hydrogen-bond acceptors (Lipinski definition) is 3. The van der Waals surface area contributed by atoms with Crippen molar-refractivity contribution < 1.29 is 18.7 Å². The molecule has 2 aromatic carbocycles. The van der Waals surface area contributed by atoms with Gasteiger partial charge in [0.15, 0.2) is 11.6 Å². The standard InChI is InChI=1S/C22H23FN2O3/c1-14(17-8-11-20(28-2)19(23)13-17)24-21(26)12-5-15-3-6-16(7-4-15)22(27)25-18-9-10-18/h3-8,11-14,18H,9-10H2,1-2H3,(H,24,26)(H,25,27)/b12-5+. The lowest BCUT2D eigenvalue weighted by Crippen LogP contribution is -2.25. The fourth-order valence-electron chi connectivity index (χ4n) is 2.71. The largest absolute Gasteiger partial charge is 0.494 e. The smallest absolute Gasteiger partial charge is 0.251 e. The zero-order valence-electron chi connectivity index (χ0n) is 15.9. The molecule has 0 bridgehead atoms. The predicted molar refractivity (Wildman–Crippen MR) is 105 cm³/mol. The first-order valence-electron chi connectivity index (χ1n) is 9.19. The second-order valence-corrected chi connectivity index (χ2v) is 6.83. The maximum atomic E-state index is 13.8. The molecule has 0 aliphatic heterocycles. The Hall–Kier alpha value is -3.15. The highest BCUT2D eigenvalue weighted by Gasteiger charge is 2.23. The van der Waals surface area contributed by atoms with Gasteiger partial charge in [-0.25, -0.2) is 4.39 Å². The second kappa shape index (κ2) is 8.69. The number of carbonyl (C=O) groups excluding carboxylic acids is 2. The Morgan fingerprint density at radius 2 is 1.89 bits per heavy atom. The number of ether oxygens (including phenoxy) is 1. The molecule has 0 aromatic heterocycles. The summed E-state index contributed by atoms with van der Waals surface area (Å²) in [5.74, 6) is -0.672. The molecule has 0 heterocycles. The van der Waals surface area contributed by atoms with Crippen LogP contribution in [0.25, 0.3) is 6.08 Å².